The Morgan fingerprint density at radius 3 is 2.53 bits per heavy atom. The SMILES string of the molecule is CCNC(=O)OCC1(NC)CCCCC1. The van der Waals surface area contributed by atoms with Crippen LogP contribution in [0.25, 0.3) is 0 Å². The normalized spacial score (nSPS) is 19.6. The molecule has 0 heterocycles. The Morgan fingerprint density at radius 2 is 2.00 bits per heavy atom. The van der Waals surface area contributed by atoms with Crippen molar-refractivity contribution in [3.8, 4) is 0 Å². The van der Waals surface area contributed by atoms with Gasteiger partial charge in [-0.05, 0) is 26.8 Å². The second-order valence-corrected chi connectivity index (χ2v) is 4.20. The second-order valence-electron chi connectivity index (χ2n) is 4.20. The lowest BCUT2D eigenvalue weighted by Crippen LogP contribution is -2.49. The summed E-state index contributed by atoms with van der Waals surface area (Å²) >= 11 is 0. The lowest BCUT2D eigenvalue weighted by molar-refractivity contribution is 0.0872. The molecule has 0 radical (unpaired) electrons. The van der Waals surface area contributed by atoms with Crippen LogP contribution in [0.4, 0.5) is 4.79 Å². The van der Waals surface area contributed by atoms with Gasteiger partial charge in [-0.1, -0.05) is 19.3 Å². The van der Waals surface area contributed by atoms with Gasteiger partial charge in [0.25, 0.3) is 0 Å². The van der Waals surface area contributed by atoms with E-state index >= 15 is 0 Å². The van der Waals surface area contributed by atoms with Gasteiger partial charge in [0.1, 0.15) is 6.61 Å². The molecule has 1 aliphatic carbocycles. The van der Waals surface area contributed by atoms with Gasteiger partial charge in [-0.15, -0.1) is 0 Å². The number of hydrogen-bond donors (Lipinski definition) is 2. The number of ether oxygens (including phenoxy) is 1. The number of nitrogens with one attached hydrogen (secondary N) is 2. The summed E-state index contributed by atoms with van der Waals surface area (Å²) in [6, 6.07) is 0. The Kier molecular flexibility index (Phi) is 4.88. The molecule has 0 saturated heterocycles. The van der Waals surface area contributed by atoms with Crippen LogP contribution in [0.3, 0.4) is 0 Å². The summed E-state index contributed by atoms with van der Waals surface area (Å²) in [7, 11) is 1.95. The van der Waals surface area contributed by atoms with Gasteiger partial charge < -0.3 is 15.4 Å². The molecular weight excluding hydrogens is 192 g/mol. The summed E-state index contributed by atoms with van der Waals surface area (Å²) in [5.74, 6) is 0. The Balaban J connectivity index is 2.35. The molecule has 0 unspecified atom stereocenters. The molecule has 1 fully saturated rings. The first-order valence-electron chi connectivity index (χ1n) is 5.82. The van der Waals surface area contributed by atoms with Crippen molar-refractivity contribution >= 4 is 6.09 Å². The Bertz CT molecular complexity index is 201. The fourth-order valence-corrected chi connectivity index (χ4v) is 2.09. The topological polar surface area (TPSA) is 50.4 Å². The molecule has 4 heteroatoms. The van der Waals surface area contributed by atoms with Crippen LogP contribution in [0.15, 0.2) is 0 Å². The van der Waals surface area contributed by atoms with E-state index in [4.69, 9.17) is 4.74 Å². The molecule has 0 aliphatic heterocycles. The van der Waals surface area contributed by atoms with Crippen LogP contribution in [0, 0.1) is 0 Å². The molecule has 0 bridgehead atoms. The maximum absolute atomic E-state index is 11.2. The maximum atomic E-state index is 11.2. The summed E-state index contributed by atoms with van der Waals surface area (Å²) in [5.41, 5.74) is 0.0172. The third kappa shape index (κ3) is 3.70. The molecule has 88 valence electrons. The van der Waals surface area contributed by atoms with Crippen molar-refractivity contribution in [2.24, 2.45) is 0 Å². The minimum absolute atomic E-state index is 0.0172. The molecule has 4 nitrogen and oxygen atoms in total. The van der Waals surface area contributed by atoms with Gasteiger partial charge in [-0.2, -0.15) is 0 Å². The minimum atomic E-state index is -0.308. The molecule has 1 amide bonds. The standard InChI is InChI=1S/C11H22N2O2/c1-3-13-10(14)15-9-11(12-2)7-5-4-6-8-11/h12H,3-9H2,1-2H3,(H,13,14). The van der Waals surface area contributed by atoms with Crippen molar-refractivity contribution in [2.75, 3.05) is 20.2 Å². The number of alkyl carbamates (subject to hydrolysis) is 1. The maximum Gasteiger partial charge on any atom is 0.407 e. The summed E-state index contributed by atoms with van der Waals surface area (Å²) in [5, 5.41) is 5.95. The van der Waals surface area contributed by atoms with Crippen LogP contribution in [-0.4, -0.2) is 31.8 Å². The van der Waals surface area contributed by atoms with E-state index in [2.05, 4.69) is 10.6 Å². The molecule has 2 N–H and O–H groups in total. The van der Waals surface area contributed by atoms with Crippen molar-refractivity contribution in [1.29, 1.82) is 0 Å². The molecular formula is C11H22N2O2. The average Bonchev–Trinajstić information content (AvgIpc) is 2.28. The van der Waals surface area contributed by atoms with Gasteiger partial charge in [-0.25, -0.2) is 4.79 Å². The molecule has 1 aliphatic rings. The van der Waals surface area contributed by atoms with Crippen molar-refractivity contribution in [2.45, 2.75) is 44.6 Å². The molecule has 0 spiro atoms. The highest BCUT2D eigenvalue weighted by Gasteiger charge is 2.31. The van der Waals surface area contributed by atoms with Crippen LogP contribution in [-0.2, 0) is 4.74 Å². The van der Waals surface area contributed by atoms with Gasteiger partial charge >= 0.3 is 6.09 Å². The van der Waals surface area contributed by atoms with Crippen LogP contribution in [0.5, 0.6) is 0 Å². The fourth-order valence-electron chi connectivity index (χ4n) is 2.09. The highest BCUT2D eigenvalue weighted by molar-refractivity contribution is 5.67. The zero-order chi connectivity index (χ0) is 11.1. The fraction of sp³-hybridized carbons (Fsp3) is 0.909. The number of carbonyl (C=O) groups excluding carboxylic acids is 1. The zero-order valence-electron chi connectivity index (χ0n) is 9.77. The predicted octanol–water partition coefficient (Wildman–Crippen LogP) is 1.65. The van der Waals surface area contributed by atoms with E-state index in [9.17, 15) is 4.79 Å². The summed E-state index contributed by atoms with van der Waals surface area (Å²) < 4.78 is 5.20. The molecule has 0 aromatic rings. The Morgan fingerprint density at radius 1 is 1.33 bits per heavy atom. The van der Waals surface area contributed by atoms with Gasteiger partial charge in [-0.3, -0.25) is 0 Å². The lowest BCUT2D eigenvalue weighted by Gasteiger charge is -2.36. The molecule has 0 aromatic carbocycles. The largest absolute Gasteiger partial charge is 0.448 e. The molecule has 1 saturated carbocycles. The Hall–Kier alpha value is -0.770. The summed E-state index contributed by atoms with van der Waals surface area (Å²) in [4.78, 5) is 11.2. The van der Waals surface area contributed by atoms with Gasteiger partial charge in [0.05, 0.1) is 5.54 Å². The molecule has 1 rings (SSSR count). The van der Waals surface area contributed by atoms with Crippen LogP contribution in [0.1, 0.15) is 39.0 Å². The first-order valence-corrected chi connectivity index (χ1v) is 5.82. The van der Waals surface area contributed by atoms with E-state index in [0.717, 1.165) is 12.8 Å². The predicted molar refractivity (Wildman–Crippen MR) is 59.9 cm³/mol. The van der Waals surface area contributed by atoms with E-state index in [1.54, 1.807) is 0 Å². The van der Waals surface area contributed by atoms with Crippen molar-refractivity contribution in [3.05, 3.63) is 0 Å². The highest BCUT2D eigenvalue weighted by atomic mass is 16.5. The quantitative estimate of drug-likeness (QED) is 0.748. The highest BCUT2D eigenvalue weighted by Crippen LogP contribution is 2.27. The number of likely N-dealkylation sites (N-methyl/N-ethyl adjacent to an activating group) is 1. The number of carbonyl (C=O) groups is 1. The third-order valence-corrected chi connectivity index (χ3v) is 3.14. The first kappa shape index (κ1) is 12.3. The van der Waals surface area contributed by atoms with Crippen LogP contribution in [0.2, 0.25) is 0 Å². The number of hydrogen-bond acceptors (Lipinski definition) is 3. The van der Waals surface area contributed by atoms with E-state index in [-0.39, 0.29) is 11.6 Å². The first-order chi connectivity index (χ1) is 7.22. The van der Waals surface area contributed by atoms with E-state index < -0.39 is 0 Å². The van der Waals surface area contributed by atoms with Crippen LogP contribution >= 0.6 is 0 Å². The smallest absolute Gasteiger partial charge is 0.407 e. The van der Waals surface area contributed by atoms with E-state index in [1.165, 1.54) is 19.3 Å². The zero-order valence-corrected chi connectivity index (χ0v) is 9.77. The average molecular weight is 214 g/mol. The summed E-state index contributed by atoms with van der Waals surface area (Å²) in [6.07, 6.45) is 5.63. The van der Waals surface area contributed by atoms with E-state index in [0.29, 0.717) is 13.2 Å². The Labute approximate surface area is 91.8 Å². The van der Waals surface area contributed by atoms with Crippen molar-refractivity contribution < 1.29 is 9.53 Å². The van der Waals surface area contributed by atoms with Gasteiger partial charge in [0.2, 0.25) is 0 Å². The number of rotatable bonds is 4. The monoisotopic (exact) mass is 214 g/mol. The minimum Gasteiger partial charge on any atom is -0.448 e. The molecule has 15 heavy (non-hydrogen) atoms. The third-order valence-electron chi connectivity index (χ3n) is 3.14. The second kappa shape index (κ2) is 5.95. The van der Waals surface area contributed by atoms with Gasteiger partial charge in [0.15, 0.2) is 0 Å². The van der Waals surface area contributed by atoms with Crippen molar-refractivity contribution in [1.82, 2.24) is 10.6 Å². The lowest BCUT2D eigenvalue weighted by atomic mass is 9.82. The van der Waals surface area contributed by atoms with Crippen molar-refractivity contribution in [3.63, 3.8) is 0 Å². The summed E-state index contributed by atoms with van der Waals surface area (Å²) in [6.45, 7) is 2.98. The van der Waals surface area contributed by atoms with Crippen LogP contribution < -0.4 is 10.6 Å². The van der Waals surface area contributed by atoms with Gasteiger partial charge in [0, 0.05) is 6.54 Å². The number of amides is 1. The molecule has 0 atom stereocenters. The van der Waals surface area contributed by atoms with E-state index in [1.807, 2.05) is 14.0 Å². The molecule has 0 aromatic heterocycles.